The number of thiazole rings is 1. The van der Waals surface area contributed by atoms with E-state index in [-0.39, 0.29) is 11.7 Å². The van der Waals surface area contributed by atoms with Gasteiger partial charge in [-0.05, 0) is 22.4 Å². The Balaban J connectivity index is 1.68. The average Bonchev–Trinajstić information content (AvgIpc) is 3.01. The summed E-state index contributed by atoms with van der Waals surface area (Å²) < 4.78 is 37.5. The van der Waals surface area contributed by atoms with Gasteiger partial charge in [0.15, 0.2) is 5.13 Å². The monoisotopic (exact) mass is 338 g/mol. The lowest BCUT2D eigenvalue weighted by Crippen LogP contribution is -2.11. The molecule has 120 valence electrons. The number of alkyl halides is 3. The van der Waals surface area contributed by atoms with E-state index in [1.807, 2.05) is 36.4 Å². The molecule has 2 N–H and O–H groups in total. The van der Waals surface area contributed by atoms with E-state index in [1.54, 1.807) is 6.07 Å². The second-order valence-corrected chi connectivity index (χ2v) is 6.06. The molecule has 0 fully saturated rings. The Bertz CT molecular complexity index is 816. The van der Waals surface area contributed by atoms with Gasteiger partial charge in [0.2, 0.25) is 0 Å². The zero-order valence-corrected chi connectivity index (χ0v) is 12.7. The predicted octanol–water partition coefficient (Wildman–Crippen LogP) is 4.46. The summed E-state index contributed by atoms with van der Waals surface area (Å²) in [6.07, 6.45) is -4.44. The number of aliphatic hydroxyl groups excluding tert-OH is 1. The van der Waals surface area contributed by atoms with E-state index in [9.17, 15) is 18.3 Å². The fraction of sp³-hybridized carbons (Fsp3) is 0.188. The zero-order valence-electron chi connectivity index (χ0n) is 11.8. The largest absolute Gasteiger partial charge is 0.427 e. The summed E-state index contributed by atoms with van der Waals surface area (Å²) in [5.41, 5.74) is 0.698. The highest BCUT2D eigenvalue weighted by Crippen LogP contribution is 2.35. The second kappa shape index (κ2) is 6.17. The SMILES string of the molecule is OC(CNc1ncc(C(F)(F)F)s1)c1ccc2ccccc2c1. The molecule has 1 heterocycles. The Morgan fingerprint density at radius 1 is 1.13 bits per heavy atom. The summed E-state index contributed by atoms with van der Waals surface area (Å²) >= 11 is 0.521. The number of aromatic nitrogens is 1. The van der Waals surface area contributed by atoms with E-state index in [0.29, 0.717) is 16.9 Å². The molecule has 7 heteroatoms. The van der Waals surface area contributed by atoms with Crippen LogP contribution in [0.4, 0.5) is 18.3 Å². The molecule has 3 rings (SSSR count). The van der Waals surface area contributed by atoms with Gasteiger partial charge in [0.25, 0.3) is 0 Å². The molecule has 0 spiro atoms. The third-order valence-corrected chi connectivity index (χ3v) is 4.39. The highest BCUT2D eigenvalue weighted by molar-refractivity contribution is 7.15. The number of rotatable bonds is 4. The molecule has 0 aliphatic rings. The molecule has 3 nitrogen and oxygen atoms in total. The molecule has 1 aromatic heterocycles. The van der Waals surface area contributed by atoms with E-state index in [1.165, 1.54) is 0 Å². The average molecular weight is 338 g/mol. The zero-order chi connectivity index (χ0) is 16.4. The van der Waals surface area contributed by atoms with Gasteiger partial charge in [-0.3, -0.25) is 0 Å². The smallest absolute Gasteiger partial charge is 0.387 e. The van der Waals surface area contributed by atoms with Gasteiger partial charge in [0.1, 0.15) is 4.88 Å². The van der Waals surface area contributed by atoms with Crippen LogP contribution in [-0.2, 0) is 6.18 Å². The Morgan fingerprint density at radius 3 is 2.57 bits per heavy atom. The third kappa shape index (κ3) is 3.62. The lowest BCUT2D eigenvalue weighted by molar-refractivity contribution is -0.134. The molecule has 0 saturated carbocycles. The quantitative estimate of drug-likeness (QED) is 0.738. The minimum atomic E-state index is -4.39. The van der Waals surface area contributed by atoms with E-state index in [4.69, 9.17) is 0 Å². The van der Waals surface area contributed by atoms with Gasteiger partial charge in [-0.15, -0.1) is 0 Å². The van der Waals surface area contributed by atoms with Crippen molar-refractivity contribution in [3.8, 4) is 0 Å². The molecule has 1 atom stereocenters. The van der Waals surface area contributed by atoms with Crippen molar-refractivity contribution in [3.63, 3.8) is 0 Å². The molecule has 2 aromatic carbocycles. The maximum atomic E-state index is 12.5. The minimum Gasteiger partial charge on any atom is -0.387 e. The van der Waals surface area contributed by atoms with Crippen molar-refractivity contribution in [2.75, 3.05) is 11.9 Å². The van der Waals surface area contributed by atoms with Gasteiger partial charge in [-0.1, -0.05) is 47.7 Å². The molecule has 0 amide bonds. The molecule has 0 aliphatic carbocycles. The first kappa shape index (κ1) is 15.8. The first-order valence-electron chi connectivity index (χ1n) is 6.87. The van der Waals surface area contributed by atoms with Crippen LogP contribution in [-0.4, -0.2) is 16.6 Å². The molecule has 0 bridgehead atoms. The topological polar surface area (TPSA) is 45.1 Å². The van der Waals surface area contributed by atoms with Crippen molar-refractivity contribution in [2.45, 2.75) is 12.3 Å². The van der Waals surface area contributed by atoms with Crippen LogP contribution in [0, 0.1) is 0 Å². The van der Waals surface area contributed by atoms with Crippen LogP contribution < -0.4 is 5.32 Å². The number of nitrogens with one attached hydrogen (secondary N) is 1. The van der Waals surface area contributed by atoms with Gasteiger partial charge >= 0.3 is 6.18 Å². The summed E-state index contributed by atoms with van der Waals surface area (Å²) in [7, 11) is 0. The molecule has 0 saturated heterocycles. The van der Waals surface area contributed by atoms with Crippen molar-refractivity contribution >= 4 is 27.2 Å². The van der Waals surface area contributed by atoms with Gasteiger partial charge in [0.05, 0.1) is 12.3 Å². The van der Waals surface area contributed by atoms with Crippen LogP contribution in [0.3, 0.4) is 0 Å². The summed E-state index contributed by atoms with van der Waals surface area (Å²) in [5.74, 6) is 0. The number of hydrogen-bond acceptors (Lipinski definition) is 4. The first-order chi connectivity index (χ1) is 10.9. The molecule has 1 unspecified atom stereocenters. The van der Waals surface area contributed by atoms with Gasteiger partial charge in [-0.25, -0.2) is 4.98 Å². The molecular weight excluding hydrogens is 325 g/mol. The lowest BCUT2D eigenvalue weighted by atomic mass is 10.0. The van der Waals surface area contributed by atoms with Gasteiger partial charge in [0, 0.05) is 6.54 Å². The maximum absolute atomic E-state index is 12.5. The minimum absolute atomic E-state index is 0.0865. The van der Waals surface area contributed by atoms with Crippen molar-refractivity contribution in [1.82, 2.24) is 4.98 Å². The van der Waals surface area contributed by atoms with Crippen LogP contribution in [0.2, 0.25) is 0 Å². The van der Waals surface area contributed by atoms with Crippen molar-refractivity contribution < 1.29 is 18.3 Å². The number of hydrogen-bond donors (Lipinski definition) is 2. The summed E-state index contributed by atoms with van der Waals surface area (Å²) in [5, 5.41) is 15.1. The second-order valence-electron chi connectivity index (χ2n) is 5.03. The summed E-state index contributed by atoms with van der Waals surface area (Å²) in [6, 6.07) is 13.3. The van der Waals surface area contributed by atoms with Gasteiger partial charge < -0.3 is 10.4 Å². The number of nitrogens with zero attached hydrogens (tertiary/aromatic N) is 1. The van der Waals surface area contributed by atoms with Crippen LogP contribution in [0.25, 0.3) is 10.8 Å². The van der Waals surface area contributed by atoms with Crippen molar-refractivity contribution in [2.24, 2.45) is 0 Å². The van der Waals surface area contributed by atoms with E-state index in [0.717, 1.165) is 17.0 Å². The van der Waals surface area contributed by atoms with Crippen LogP contribution in [0.15, 0.2) is 48.7 Å². The van der Waals surface area contributed by atoms with E-state index >= 15 is 0 Å². The number of fused-ring (bicyclic) bond motifs is 1. The predicted molar refractivity (Wildman–Crippen MR) is 84.5 cm³/mol. The standard InChI is InChI=1S/C16H13F3N2OS/c17-16(18,19)14-9-21-15(23-14)20-8-13(22)12-6-5-10-3-1-2-4-11(10)7-12/h1-7,9,13,22H,8H2,(H,20,21). The Labute approximate surface area is 134 Å². The number of benzene rings is 2. The van der Waals surface area contributed by atoms with Crippen molar-refractivity contribution in [3.05, 3.63) is 59.1 Å². The summed E-state index contributed by atoms with van der Waals surface area (Å²) in [4.78, 5) is 2.91. The van der Waals surface area contributed by atoms with Crippen molar-refractivity contribution in [1.29, 1.82) is 0 Å². The van der Waals surface area contributed by atoms with Crippen LogP contribution in [0.1, 0.15) is 16.5 Å². The number of aliphatic hydroxyl groups is 1. The Morgan fingerprint density at radius 2 is 1.87 bits per heavy atom. The molecular formula is C16H13F3N2OS. The number of halogens is 3. The molecule has 23 heavy (non-hydrogen) atoms. The Hall–Kier alpha value is -2.12. The fourth-order valence-corrected chi connectivity index (χ4v) is 2.89. The lowest BCUT2D eigenvalue weighted by Gasteiger charge is -2.12. The van der Waals surface area contributed by atoms with Crippen LogP contribution >= 0.6 is 11.3 Å². The van der Waals surface area contributed by atoms with E-state index < -0.39 is 17.2 Å². The highest BCUT2D eigenvalue weighted by Gasteiger charge is 2.33. The normalized spacial score (nSPS) is 13.2. The molecule has 0 aliphatic heterocycles. The van der Waals surface area contributed by atoms with Gasteiger partial charge in [-0.2, -0.15) is 13.2 Å². The first-order valence-corrected chi connectivity index (χ1v) is 7.69. The van der Waals surface area contributed by atoms with Crippen LogP contribution in [0.5, 0.6) is 0 Å². The number of anilines is 1. The third-order valence-electron chi connectivity index (χ3n) is 3.39. The summed E-state index contributed by atoms with van der Waals surface area (Å²) in [6.45, 7) is 0.0865. The van der Waals surface area contributed by atoms with E-state index in [2.05, 4.69) is 10.3 Å². The fourth-order valence-electron chi connectivity index (χ4n) is 2.20. The molecule has 0 radical (unpaired) electrons. The highest BCUT2D eigenvalue weighted by atomic mass is 32.1. The maximum Gasteiger partial charge on any atom is 0.427 e. The Kier molecular flexibility index (Phi) is 4.23. The molecule has 3 aromatic rings.